The fraction of sp³-hybridized carbons (Fsp3) is 0.387. The second kappa shape index (κ2) is 12.0. The van der Waals surface area contributed by atoms with Crippen LogP contribution in [0.5, 0.6) is 0 Å². The Balaban J connectivity index is 1.68. The van der Waals surface area contributed by atoms with E-state index in [0.717, 1.165) is 27.7 Å². The number of rotatable bonds is 9. The normalized spacial score (nSPS) is 16.8. The van der Waals surface area contributed by atoms with E-state index in [2.05, 4.69) is 43.0 Å². The van der Waals surface area contributed by atoms with E-state index in [9.17, 15) is 9.59 Å². The number of hydrogen-bond acceptors (Lipinski definition) is 5. The summed E-state index contributed by atoms with van der Waals surface area (Å²) in [4.78, 5) is 37.7. The Morgan fingerprint density at radius 2 is 1.68 bits per heavy atom. The van der Waals surface area contributed by atoms with Crippen LogP contribution in [0, 0.1) is 0 Å². The summed E-state index contributed by atoms with van der Waals surface area (Å²) in [5.41, 5.74) is 5.64. The number of amides is 2. The van der Waals surface area contributed by atoms with E-state index in [1.54, 1.807) is 4.90 Å². The summed E-state index contributed by atoms with van der Waals surface area (Å²) in [6.45, 7) is 12.1. The predicted molar refractivity (Wildman–Crippen MR) is 156 cm³/mol. The minimum Gasteiger partial charge on any atom is -0.341 e. The van der Waals surface area contributed by atoms with Crippen molar-refractivity contribution in [3.63, 3.8) is 0 Å². The number of likely N-dealkylation sites (N-methyl/N-ethyl adjacent to an activating group) is 1. The molecule has 2 heterocycles. The van der Waals surface area contributed by atoms with Crippen LogP contribution in [0.15, 0.2) is 82.0 Å². The van der Waals surface area contributed by atoms with E-state index in [1.165, 1.54) is 17.3 Å². The van der Waals surface area contributed by atoms with Crippen LogP contribution in [0.1, 0.15) is 69.7 Å². The van der Waals surface area contributed by atoms with Gasteiger partial charge in [-0.05, 0) is 48.8 Å². The number of benzene rings is 2. The third-order valence-corrected chi connectivity index (χ3v) is 8.11. The Kier molecular flexibility index (Phi) is 8.77. The predicted octanol–water partition coefficient (Wildman–Crippen LogP) is 6.30. The standard InChI is InChI=1S/C31H38N4O2S/c1-7-34(8-2)30(37)28-22(5)32-31-35(29(28)25-16-14-24(15-17-25)21(3)4)26(20-38-31)18-27(36)33(6)19-23-12-10-9-11-13-23/h9-17,20-21,29H,7-8,18-19H2,1-6H3. The first-order chi connectivity index (χ1) is 18.2. The largest absolute Gasteiger partial charge is 0.341 e. The average molecular weight is 531 g/mol. The number of fused-ring (bicyclic) bond motifs is 1. The van der Waals surface area contributed by atoms with Crippen molar-refractivity contribution < 1.29 is 9.59 Å². The van der Waals surface area contributed by atoms with Gasteiger partial charge >= 0.3 is 0 Å². The first kappa shape index (κ1) is 27.7. The Labute approximate surface area is 231 Å². The van der Waals surface area contributed by atoms with E-state index in [-0.39, 0.29) is 24.3 Å². The highest BCUT2D eigenvalue weighted by Crippen LogP contribution is 2.45. The van der Waals surface area contributed by atoms with Crippen LogP contribution in [0.25, 0.3) is 0 Å². The number of amidine groups is 1. The molecule has 2 aliphatic rings. The van der Waals surface area contributed by atoms with Gasteiger partial charge in [0.2, 0.25) is 5.91 Å². The summed E-state index contributed by atoms with van der Waals surface area (Å²) >= 11 is 1.52. The topological polar surface area (TPSA) is 56.2 Å². The van der Waals surface area contributed by atoms with Crippen LogP contribution in [0.3, 0.4) is 0 Å². The molecule has 2 aromatic rings. The van der Waals surface area contributed by atoms with Crippen molar-refractivity contribution in [3.05, 3.63) is 93.7 Å². The van der Waals surface area contributed by atoms with Crippen molar-refractivity contribution in [2.75, 3.05) is 20.1 Å². The van der Waals surface area contributed by atoms with Crippen molar-refractivity contribution in [3.8, 4) is 0 Å². The molecule has 38 heavy (non-hydrogen) atoms. The quantitative estimate of drug-likeness (QED) is 0.382. The average Bonchev–Trinajstić information content (AvgIpc) is 3.30. The van der Waals surface area contributed by atoms with Crippen LogP contribution in [-0.4, -0.2) is 51.8 Å². The van der Waals surface area contributed by atoms with Gasteiger partial charge in [0.1, 0.15) is 0 Å². The van der Waals surface area contributed by atoms with Gasteiger partial charge in [-0.25, -0.2) is 4.99 Å². The number of thioether (sulfide) groups is 1. The van der Waals surface area contributed by atoms with E-state index in [0.29, 0.717) is 31.1 Å². The summed E-state index contributed by atoms with van der Waals surface area (Å²) in [5.74, 6) is 0.438. The number of carbonyl (C=O) groups is 2. The van der Waals surface area contributed by atoms with E-state index >= 15 is 0 Å². The monoisotopic (exact) mass is 530 g/mol. The Morgan fingerprint density at radius 3 is 2.29 bits per heavy atom. The van der Waals surface area contributed by atoms with Crippen LogP contribution >= 0.6 is 11.8 Å². The first-order valence-electron chi connectivity index (χ1n) is 13.4. The molecular formula is C31H38N4O2S. The minimum atomic E-state index is -0.342. The molecule has 1 unspecified atom stereocenters. The van der Waals surface area contributed by atoms with Gasteiger partial charge in [0, 0.05) is 32.4 Å². The molecule has 0 aliphatic carbocycles. The summed E-state index contributed by atoms with van der Waals surface area (Å²) < 4.78 is 0. The van der Waals surface area contributed by atoms with Gasteiger partial charge < -0.3 is 14.7 Å². The lowest BCUT2D eigenvalue weighted by atomic mass is 9.91. The van der Waals surface area contributed by atoms with Crippen molar-refractivity contribution >= 4 is 28.7 Å². The molecule has 2 aliphatic heterocycles. The lowest BCUT2D eigenvalue weighted by Crippen LogP contribution is -2.42. The van der Waals surface area contributed by atoms with E-state index < -0.39 is 0 Å². The SMILES string of the molecule is CCN(CC)C(=O)C1=C(C)N=C2SC=C(CC(=O)N(C)Cc3ccccc3)N2C1c1ccc(C(C)C)cc1. The number of carbonyl (C=O) groups excluding carboxylic acids is 2. The third kappa shape index (κ3) is 5.73. The van der Waals surface area contributed by atoms with Gasteiger partial charge in [-0.15, -0.1) is 0 Å². The van der Waals surface area contributed by atoms with Crippen LogP contribution in [-0.2, 0) is 16.1 Å². The molecule has 4 rings (SSSR count). The molecule has 0 aromatic heterocycles. The third-order valence-electron chi connectivity index (χ3n) is 7.22. The minimum absolute atomic E-state index is 0.00277. The van der Waals surface area contributed by atoms with Crippen LogP contribution in [0.2, 0.25) is 0 Å². The molecule has 7 heteroatoms. The highest BCUT2D eigenvalue weighted by molar-refractivity contribution is 8.16. The van der Waals surface area contributed by atoms with Gasteiger partial charge in [0.05, 0.1) is 23.7 Å². The number of hydrogen-bond donors (Lipinski definition) is 0. The maximum atomic E-state index is 13.8. The molecule has 2 aromatic carbocycles. The smallest absolute Gasteiger partial charge is 0.254 e. The maximum absolute atomic E-state index is 13.8. The molecule has 0 saturated heterocycles. The zero-order valence-electron chi connectivity index (χ0n) is 23.3. The molecule has 0 N–H and O–H groups in total. The molecule has 0 radical (unpaired) electrons. The fourth-order valence-corrected chi connectivity index (χ4v) is 5.90. The van der Waals surface area contributed by atoms with Crippen molar-refractivity contribution in [1.82, 2.24) is 14.7 Å². The van der Waals surface area contributed by atoms with Gasteiger partial charge in [0.25, 0.3) is 5.91 Å². The molecule has 0 spiro atoms. The van der Waals surface area contributed by atoms with Crippen LogP contribution < -0.4 is 0 Å². The summed E-state index contributed by atoms with van der Waals surface area (Å²) in [7, 11) is 1.84. The van der Waals surface area contributed by atoms with E-state index in [1.807, 2.05) is 68.5 Å². The Bertz CT molecular complexity index is 1260. The van der Waals surface area contributed by atoms with Crippen molar-refractivity contribution in [2.45, 2.75) is 59.5 Å². The lowest BCUT2D eigenvalue weighted by molar-refractivity contribution is -0.129. The summed E-state index contributed by atoms with van der Waals surface area (Å²) in [6, 6.07) is 18.2. The maximum Gasteiger partial charge on any atom is 0.254 e. The van der Waals surface area contributed by atoms with Crippen molar-refractivity contribution in [1.29, 1.82) is 0 Å². The highest BCUT2D eigenvalue weighted by Gasteiger charge is 2.41. The number of aliphatic imine (C=N–C) groups is 1. The molecule has 1 atom stereocenters. The first-order valence-corrected chi connectivity index (χ1v) is 14.2. The molecule has 6 nitrogen and oxygen atoms in total. The van der Waals surface area contributed by atoms with E-state index in [4.69, 9.17) is 4.99 Å². The lowest BCUT2D eigenvalue weighted by Gasteiger charge is -2.38. The molecule has 2 amide bonds. The highest BCUT2D eigenvalue weighted by atomic mass is 32.2. The zero-order chi connectivity index (χ0) is 27.4. The van der Waals surface area contributed by atoms with Gasteiger partial charge in [0.15, 0.2) is 5.17 Å². The molecule has 200 valence electrons. The van der Waals surface area contributed by atoms with Gasteiger partial charge in [-0.3, -0.25) is 9.59 Å². The zero-order valence-corrected chi connectivity index (χ0v) is 24.1. The number of nitrogens with zero attached hydrogens (tertiary/aromatic N) is 4. The van der Waals surface area contributed by atoms with Crippen LogP contribution in [0.4, 0.5) is 0 Å². The van der Waals surface area contributed by atoms with Gasteiger partial charge in [-0.2, -0.15) is 0 Å². The molecule has 0 fully saturated rings. The Hall–Kier alpha value is -3.32. The van der Waals surface area contributed by atoms with Gasteiger partial charge in [-0.1, -0.05) is 80.2 Å². The summed E-state index contributed by atoms with van der Waals surface area (Å²) in [5, 5.41) is 2.82. The second-order valence-electron chi connectivity index (χ2n) is 10.1. The van der Waals surface area contributed by atoms with Crippen molar-refractivity contribution in [2.24, 2.45) is 4.99 Å². The Morgan fingerprint density at radius 1 is 1.03 bits per heavy atom. The second-order valence-corrected chi connectivity index (χ2v) is 10.9. The fourth-order valence-electron chi connectivity index (χ4n) is 4.94. The number of allylic oxidation sites excluding steroid dienone is 1. The molecule has 0 saturated carbocycles. The molecule has 0 bridgehead atoms. The molecular weight excluding hydrogens is 492 g/mol. The summed E-state index contributed by atoms with van der Waals surface area (Å²) in [6.07, 6.45) is 0.238.